The van der Waals surface area contributed by atoms with Crippen LogP contribution in [-0.4, -0.2) is 29.0 Å². The number of carbonyl (C=O) groups is 1. The first-order valence-corrected chi connectivity index (χ1v) is 9.42. The molecule has 6 heteroatoms. The fourth-order valence-electron chi connectivity index (χ4n) is 2.92. The summed E-state index contributed by atoms with van der Waals surface area (Å²) in [5.41, 5.74) is 4.11. The molecule has 0 unspecified atom stereocenters. The Hall–Kier alpha value is -3.41. The molecule has 2 N–H and O–H groups in total. The zero-order valence-corrected chi connectivity index (χ0v) is 16.4. The third-order valence-corrected chi connectivity index (χ3v) is 4.53. The number of nitrogens with one attached hydrogen (secondary N) is 2. The van der Waals surface area contributed by atoms with Crippen molar-refractivity contribution in [1.29, 1.82) is 0 Å². The van der Waals surface area contributed by atoms with Crippen molar-refractivity contribution in [2.75, 3.05) is 28.6 Å². The molecule has 28 heavy (non-hydrogen) atoms. The van der Waals surface area contributed by atoms with Crippen LogP contribution in [0.25, 0.3) is 0 Å². The number of aromatic nitrogens is 2. The number of aryl methyl sites for hydroxylation is 1. The Morgan fingerprint density at radius 2 is 1.71 bits per heavy atom. The van der Waals surface area contributed by atoms with Gasteiger partial charge in [-0.25, -0.2) is 9.97 Å². The quantitative estimate of drug-likeness (QED) is 0.630. The number of hydrogen-bond donors (Lipinski definition) is 2. The van der Waals surface area contributed by atoms with E-state index in [0.717, 1.165) is 30.0 Å². The van der Waals surface area contributed by atoms with Crippen molar-refractivity contribution in [3.63, 3.8) is 0 Å². The number of amides is 1. The van der Waals surface area contributed by atoms with Gasteiger partial charge in [-0.05, 0) is 62.7 Å². The van der Waals surface area contributed by atoms with E-state index in [9.17, 15) is 4.79 Å². The molecule has 0 saturated heterocycles. The second kappa shape index (κ2) is 8.99. The molecule has 0 bridgehead atoms. The Balaban J connectivity index is 1.71. The standard InChI is InChI=1S/C22H25N5O/c1-4-27(5-2)18-12-10-17(11-13-18)24-22-23-15-14-20(26-22)21(28)25-19-9-7-6-8-16(19)3/h6-15H,4-5H2,1-3H3,(H,25,28)(H,23,24,26). The Morgan fingerprint density at radius 1 is 1.00 bits per heavy atom. The number of nitrogens with zero attached hydrogens (tertiary/aromatic N) is 3. The lowest BCUT2D eigenvalue weighted by molar-refractivity contribution is 0.102. The van der Waals surface area contributed by atoms with Gasteiger partial charge in [0, 0.05) is 36.3 Å². The van der Waals surface area contributed by atoms with Crippen molar-refractivity contribution in [2.24, 2.45) is 0 Å². The summed E-state index contributed by atoms with van der Waals surface area (Å²) in [6.45, 7) is 8.15. The van der Waals surface area contributed by atoms with Gasteiger partial charge < -0.3 is 15.5 Å². The Morgan fingerprint density at radius 3 is 2.39 bits per heavy atom. The van der Waals surface area contributed by atoms with Crippen molar-refractivity contribution in [3.8, 4) is 0 Å². The maximum Gasteiger partial charge on any atom is 0.274 e. The number of rotatable bonds is 7. The highest BCUT2D eigenvalue weighted by atomic mass is 16.1. The molecular formula is C22H25N5O. The van der Waals surface area contributed by atoms with Crippen LogP contribution in [0, 0.1) is 6.92 Å². The molecule has 0 fully saturated rings. The van der Waals surface area contributed by atoms with Crippen LogP contribution in [0.2, 0.25) is 0 Å². The van der Waals surface area contributed by atoms with Crippen molar-refractivity contribution < 1.29 is 4.79 Å². The third-order valence-electron chi connectivity index (χ3n) is 4.53. The maximum absolute atomic E-state index is 12.5. The van der Waals surface area contributed by atoms with Crippen LogP contribution in [0.5, 0.6) is 0 Å². The van der Waals surface area contributed by atoms with E-state index in [2.05, 4.69) is 51.5 Å². The molecule has 3 rings (SSSR count). The van der Waals surface area contributed by atoms with Crippen molar-refractivity contribution in [3.05, 3.63) is 72.1 Å². The van der Waals surface area contributed by atoms with Gasteiger partial charge in [-0.1, -0.05) is 18.2 Å². The lowest BCUT2D eigenvalue weighted by atomic mass is 10.2. The minimum Gasteiger partial charge on any atom is -0.372 e. The lowest BCUT2D eigenvalue weighted by Gasteiger charge is -2.21. The molecule has 0 saturated carbocycles. The molecular weight excluding hydrogens is 350 g/mol. The smallest absolute Gasteiger partial charge is 0.274 e. The van der Waals surface area contributed by atoms with E-state index < -0.39 is 0 Å². The summed E-state index contributed by atoms with van der Waals surface area (Å²) in [6.07, 6.45) is 1.58. The average Bonchev–Trinajstić information content (AvgIpc) is 2.72. The second-order valence-electron chi connectivity index (χ2n) is 6.38. The maximum atomic E-state index is 12.5. The van der Waals surface area contributed by atoms with Crippen LogP contribution in [0.15, 0.2) is 60.8 Å². The molecule has 1 aromatic heterocycles. The minimum absolute atomic E-state index is 0.267. The van der Waals surface area contributed by atoms with Gasteiger partial charge in [0.05, 0.1) is 0 Å². The van der Waals surface area contributed by atoms with E-state index >= 15 is 0 Å². The van der Waals surface area contributed by atoms with Gasteiger partial charge in [0.1, 0.15) is 5.69 Å². The summed E-state index contributed by atoms with van der Waals surface area (Å²) in [6, 6.07) is 17.3. The van der Waals surface area contributed by atoms with Crippen molar-refractivity contribution >= 4 is 28.9 Å². The highest BCUT2D eigenvalue weighted by Crippen LogP contribution is 2.20. The van der Waals surface area contributed by atoms with Gasteiger partial charge in [0.2, 0.25) is 5.95 Å². The van der Waals surface area contributed by atoms with Crippen LogP contribution in [-0.2, 0) is 0 Å². The average molecular weight is 375 g/mol. The fraction of sp³-hybridized carbons (Fsp3) is 0.227. The van der Waals surface area contributed by atoms with E-state index in [1.807, 2.05) is 43.3 Å². The third kappa shape index (κ3) is 4.65. The first kappa shape index (κ1) is 19.4. The molecule has 1 amide bonds. The summed E-state index contributed by atoms with van der Waals surface area (Å²) in [4.78, 5) is 23.4. The summed E-state index contributed by atoms with van der Waals surface area (Å²) < 4.78 is 0. The molecule has 144 valence electrons. The van der Waals surface area contributed by atoms with Gasteiger partial charge in [-0.3, -0.25) is 4.79 Å². The van der Waals surface area contributed by atoms with Crippen LogP contribution in [0.3, 0.4) is 0 Å². The zero-order chi connectivity index (χ0) is 19.9. The molecule has 0 spiro atoms. The normalized spacial score (nSPS) is 10.4. The number of anilines is 4. The van der Waals surface area contributed by atoms with E-state index in [-0.39, 0.29) is 5.91 Å². The van der Waals surface area contributed by atoms with Gasteiger partial charge in [0.15, 0.2) is 0 Å². The van der Waals surface area contributed by atoms with Crippen LogP contribution in [0.1, 0.15) is 29.9 Å². The molecule has 2 aromatic carbocycles. The molecule has 0 aliphatic heterocycles. The lowest BCUT2D eigenvalue weighted by Crippen LogP contribution is -2.21. The predicted molar refractivity (Wildman–Crippen MR) is 114 cm³/mol. The van der Waals surface area contributed by atoms with Gasteiger partial charge in [-0.15, -0.1) is 0 Å². The zero-order valence-electron chi connectivity index (χ0n) is 16.4. The highest BCUT2D eigenvalue weighted by molar-refractivity contribution is 6.03. The number of carbonyl (C=O) groups excluding carboxylic acids is 1. The monoisotopic (exact) mass is 375 g/mol. The molecule has 1 heterocycles. The fourth-order valence-corrected chi connectivity index (χ4v) is 2.92. The van der Waals surface area contributed by atoms with Gasteiger partial charge in [0.25, 0.3) is 5.91 Å². The highest BCUT2D eigenvalue weighted by Gasteiger charge is 2.11. The topological polar surface area (TPSA) is 70.2 Å². The number of hydrogen-bond acceptors (Lipinski definition) is 5. The van der Waals surface area contributed by atoms with Crippen LogP contribution in [0.4, 0.5) is 23.0 Å². The molecule has 0 atom stereocenters. The molecule has 0 aliphatic carbocycles. The summed E-state index contributed by atoms with van der Waals surface area (Å²) >= 11 is 0. The first-order valence-electron chi connectivity index (χ1n) is 9.42. The summed E-state index contributed by atoms with van der Waals surface area (Å²) in [5, 5.41) is 6.04. The van der Waals surface area contributed by atoms with Crippen molar-refractivity contribution in [1.82, 2.24) is 9.97 Å². The minimum atomic E-state index is -0.267. The first-order chi connectivity index (χ1) is 13.6. The Labute approximate surface area is 165 Å². The number of para-hydroxylation sites is 1. The van der Waals surface area contributed by atoms with Gasteiger partial charge in [-0.2, -0.15) is 0 Å². The largest absolute Gasteiger partial charge is 0.372 e. The Kier molecular flexibility index (Phi) is 6.22. The van der Waals surface area contributed by atoms with E-state index in [1.165, 1.54) is 5.69 Å². The summed E-state index contributed by atoms with van der Waals surface area (Å²) in [7, 11) is 0. The SMILES string of the molecule is CCN(CC)c1ccc(Nc2nccc(C(=O)Nc3ccccc3C)n2)cc1. The molecule has 3 aromatic rings. The van der Waals surface area contributed by atoms with E-state index in [1.54, 1.807) is 12.3 Å². The van der Waals surface area contributed by atoms with Crippen LogP contribution >= 0.6 is 0 Å². The molecule has 0 aliphatic rings. The molecule has 0 radical (unpaired) electrons. The number of benzene rings is 2. The summed E-state index contributed by atoms with van der Waals surface area (Å²) in [5.74, 6) is 0.115. The Bertz CT molecular complexity index is 936. The van der Waals surface area contributed by atoms with Crippen LogP contribution < -0.4 is 15.5 Å². The van der Waals surface area contributed by atoms with Gasteiger partial charge >= 0.3 is 0 Å². The van der Waals surface area contributed by atoms with E-state index in [0.29, 0.717) is 11.6 Å². The molecule has 6 nitrogen and oxygen atoms in total. The van der Waals surface area contributed by atoms with Crippen molar-refractivity contribution in [2.45, 2.75) is 20.8 Å². The second-order valence-corrected chi connectivity index (χ2v) is 6.38. The van der Waals surface area contributed by atoms with E-state index in [4.69, 9.17) is 0 Å². The predicted octanol–water partition coefficient (Wildman–Crippen LogP) is 4.63.